The first kappa shape index (κ1) is 12.7. The van der Waals surface area contributed by atoms with Gasteiger partial charge in [-0.05, 0) is 5.92 Å². The minimum absolute atomic E-state index is 0.0511. The normalized spacial score (nSPS) is 13.1. The Hall–Kier alpha value is -1.36. The number of hydrogen-bond acceptors (Lipinski definition) is 4. The fourth-order valence-corrected chi connectivity index (χ4v) is 1.57. The van der Waals surface area contributed by atoms with Gasteiger partial charge in [-0.1, -0.05) is 20.8 Å². The van der Waals surface area contributed by atoms with Crippen LogP contribution in [0.2, 0.25) is 0 Å². The molecule has 0 aliphatic carbocycles. The third kappa shape index (κ3) is 2.61. The van der Waals surface area contributed by atoms with Crippen molar-refractivity contribution in [3.8, 4) is 5.88 Å². The summed E-state index contributed by atoms with van der Waals surface area (Å²) in [5.41, 5.74) is 0.0498. The summed E-state index contributed by atoms with van der Waals surface area (Å²) in [4.78, 5) is 18.4. The molecule has 1 heterocycles. The number of rotatable bonds is 4. The largest absolute Gasteiger partial charge is 0.493 e. The molecule has 0 saturated heterocycles. The lowest BCUT2D eigenvalue weighted by Gasteiger charge is -2.12. The first-order valence-electron chi connectivity index (χ1n) is 5.29. The van der Waals surface area contributed by atoms with Gasteiger partial charge in [0.2, 0.25) is 5.88 Å². The van der Waals surface area contributed by atoms with Crippen molar-refractivity contribution in [2.75, 3.05) is 13.7 Å². The monoisotopic (exact) mass is 226 g/mol. The Balaban J connectivity index is 3.15. The predicted octanol–water partition coefficient (Wildman–Crippen LogP) is 1.35. The van der Waals surface area contributed by atoms with Crippen molar-refractivity contribution in [2.45, 2.75) is 32.6 Å². The molecule has 0 bridgehead atoms. The molecule has 1 aromatic heterocycles. The van der Waals surface area contributed by atoms with Gasteiger partial charge in [0.1, 0.15) is 5.82 Å². The van der Waals surface area contributed by atoms with E-state index in [2.05, 4.69) is 9.97 Å². The lowest BCUT2D eigenvalue weighted by Crippen LogP contribution is -2.20. The molecule has 5 nitrogen and oxygen atoms in total. The van der Waals surface area contributed by atoms with Gasteiger partial charge in [0.05, 0.1) is 12.2 Å². The Morgan fingerprint density at radius 3 is 2.50 bits per heavy atom. The maximum atomic E-state index is 11.7. The van der Waals surface area contributed by atoms with Crippen molar-refractivity contribution in [1.29, 1.82) is 0 Å². The topological polar surface area (TPSA) is 75.2 Å². The summed E-state index contributed by atoms with van der Waals surface area (Å²) < 4.78 is 4.97. The van der Waals surface area contributed by atoms with Crippen molar-refractivity contribution < 1.29 is 9.84 Å². The second kappa shape index (κ2) is 5.12. The number of H-pyrrole nitrogens is 1. The molecule has 90 valence electrons. The SMILES string of the molecule is COCC(C)c1nc(O)c(C(C)C)c(=O)[nH]1. The fourth-order valence-electron chi connectivity index (χ4n) is 1.57. The van der Waals surface area contributed by atoms with Crippen LogP contribution in [0.5, 0.6) is 5.88 Å². The van der Waals surface area contributed by atoms with Gasteiger partial charge < -0.3 is 14.8 Å². The van der Waals surface area contributed by atoms with E-state index in [1.54, 1.807) is 7.11 Å². The zero-order valence-corrected chi connectivity index (χ0v) is 10.1. The molecule has 1 aromatic rings. The quantitative estimate of drug-likeness (QED) is 0.812. The summed E-state index contributed by atoms with van der Waals surface area (Å²) in [5.74, 6) is 0.165. The van der Waals surface area contributed by atoms with E-state index in [4.69, 9.17) is 4.74 Å². The maximum absolute atomic E-state index is 11.7. The van der Waals surface area contributed by atoms with E-state index in [9.17, 15) is 9.90 Å². The Kier molecular flexibility index (Phi) is 4.06. The molecule has 0 aliphatic rings. The Bertz CT molecular complexity index is 412. The second-order valence-corrected chi connectivity index (χ2v) is 4.20. The summed E-state index contributed by atoms with van der Waals surface area (Å²) in [5, 5.41) is 9.69. The molecule has 1 atom stereocenters. The molecule has 1 unspecified atom stereocenters. The highest BCUT2D eigenvalue weighted by atomic mass is 16.5. The molecule has 2 N–H and O–H groups in total. The first-order valence-corrected chi connectivity index (χ1v) is 5.29. The third-order valence-electron chi connectivity index (χ3n) is 2.41. The minimum Gasteiger partial charge on any atom is -0.493 e. The van der Waals surface area contributed by atoms with Gasteiger partial charge >= 0.3 is 0 Å². The molecule has 0 saturated carbocycles. The van der Waals surface area contributed by atoms with Gasteiger partial charge in [-0.25, -0.2) is 0 Å². The van der Waals surface area contributed by atoms with E-state index in [0.717, 1.165) is 0 Å². The van der Waals surface area contributed by atoms with Crippen LogP contribution in [0.4, 0.5) is 0 Å². The molecule has 1 rings (SSSR count). The number of aromatic nitrogens is 2. The van der Waals surface area contributed by atoms with Crippen LogP contribution in [0.15, 0.2) is 4.79 Å². The molecule has 0 radical (unpaired) electrons. The van der Waals surface area contributed by atoms with Gasteiger partial charge in [0.15, 0.2) is 0 Å². The van der Waals surface area contributed by atoms with Crippen molar-refractivity contribution in [3.05, 3.63) is 21.7 Å². The average Bonchev–Trinajstić information content (AvgIpc) is 2.16. The van der Waals surface area contributed by atoms with Crippen molar-refractivity contribution in [1.82, 2.24) is 9.97 Å². The Labute approximate surface area is 94.5 Å². The first-order chi connectivity index (χ1) is 7.47. The van der Waals surface area contributed by atoms with Gasteiger partial charge in [0, 0.05) is 13.0 Å². The molecule has 0 fully saturated rings. The molecule has 0 aliphatic heterocycles. The number of ether oxygens (including phenoxy) is 1. The third-order valence-corrected chi connectivity index (χ3v) is 2.41. The molecule has 0 aromatic carbocycles. The maximum Gasteiger partial charge on any atom is 0.258 e. The molecule has 0 spiro atoms. The molecular formula is C11H18N2O3. The van der Waals surface area contributed by atoms with Crippen LogP contribution in [0.3, 0.4) is 0 Å². The Morgan fingerprint density at radius 2 is 2.06 bits per heavy atom. The molecule has 5 heteroatoms. The standard InChI is InChI=1S/C11H18N2O3/c1-6(2)8-10(14)12-9(13-11(8)15)7(3)5-16-4/h6-7H,5H2,1-4H3,(H2,12,13,14,15). The highest BCUT2D eigenvalue weighted by Gasteiger charge is 2.16. The lowest BCUT2D eigenvalue weighted by molar-refractivity contribution is 0.181. The number of hydrogen-bond donors (Lipinski definition) is 2. The Morgan fingerprint density at radius 1 is 1.44 bits per heavy atom. The van der Waals surface area contributed by atoms with E-state index in [-0.39, 0.29) is 23.3 Å². The summed E-state index contributed by atoms with van der Waals surface area (Å²) in [6.07, 6.45) is 0. The summed E-state index contributed by atoms with van der Waals surface area (Å²) >= 11 is 0. The van der Waals surface area contributed by atoms with Gasteiger partial charge in [-0.3, -0.25) is 4.79 Å². The highest BCUT2D eigenvalue weighted by molar-refractivity contribution is 5.26. The van der Waals surface area contributed by atoms with E-state index in [0.29, 0.717) is 18.0 Å². The minimum atomic E-state index is -0.277. The van der Waals surface area contributed by atoms with E-state index in [1.807, 2.05) is 20.8 Å². The number of methoxy groups -OCH3 is 1. The molecule has 0 amide bonds. The van der Waals surface area contributed by atoms with Gasteiger partial charge in [-0.2, -0.15) is 4.98 Å². The van der Waals surface area contributed by atoms with Crippen LogP contribution in [0.25, 0.3) is 0 Å². The van der Waals surface area contributed by atoms with Crippen molar-refractivity contribution >= 4 is 0 Å². The van der Waals surface area contributed by atoms with Crippen LogP contribution < -0.4 is 5.56 Å². The smallest absolute Gasteiger partial charge is 0.258 e. The zero-order chi connectivity index (χ0) is 12.3. The van der Waals surface area contributed by atoms with Gasteiger partial charge in [0.25, 0.3) is 5.56 Å². The van der Waals surface area contributed by atoms with Crippen molar-refractivity contribution in [2.24, 2.45) is 0 Å². The van der Waals surface area contributed by atoms with Crippen LogP contribution in [0, 0.1) is 0 Å². The number of aromatic hydroxyl groups is 1. The van der Waals surface area contributed by atoms with E-state index < -0.39 is 0 Å². The number of nitrogens with one attached hydrogen (secondary N) is 1. The van der Waals surface area contributed by atoms with Crippen LogP contribution in [-0.2, 0) is 4.74 Å². The fraction of sp³-hybridized carbons (Fsp3) is 0.636. The molecule has 16 heavy (non-hydrogen) atoms. The number of aromatic amines is 1. The second-order valence-electron chi connectivity index (χ2n) is 4.20. The highest BCUT2D eigenvalue weighted by Crippen LogP contribution is 2.20. The predicted molar refractivity (Wildman–Crippen MR) is 60.9 cm³/mol. The van der Waals surface area contributed by atoms with Crippen molar-refractivity contribution in [3.63, 3.8) is 0 Å². The van der Waals surface area contributed by atoms with Crippen LogP contribution >= 0.6 is 0 Å². The van der Waals surface area contributed by atoms with Crippen LogP contribution in [-0.4, -0.2) is 28.8 Å². The summed E-state index contributed by atoms with van der Waals surface area (Å²) in [6.45, 7) is 5.99. The van der Waals surface area contributed by atoms with Crippen LogP contribution in [0.1, 0.15) is 44.0 Å². The molecular weight excluding hydrogens is 208 g/mol. The summed E-state index contributed by atoms with van der Waals surface area (Å²) in [7, 11) is 1.58. The zero-order valence-electron chi connectivity index (χ0n) is 10.1. The summed E-state index contributed by atoms with van der Waals surface area (Å²) in [6, 6.07) is 0. The average molecular weight is 226 g/mol. The number of nitrogens with zero attached hydrogens (tertiary/aromatic N) is 1. The van der Waals surface area contributed by atoms with E-state index >= 15 is 0 Å². The van der Waals surface area contributed by atoms with Gasteiger partial charge in [-0.15, -0.1) is 0 Å². The van der Waals surface area contributed by atoms with E-state index in [1.165, 1.54) is 0 Å². The lowest BCUT2D eigenvalue weighted by atomic mass is 10.1.